The largest absolute Gasteiger partial charge is 0.480 e. The Morgan fingerprint density at radius 1 is 0.907 bits per heavy atom. The average Bonchev–Trinajstić information content (AvgIpc) is 3.05. The highest BCUT2D eigenvalue weighted by atomic mass is 16.5. The molecule has 43 heavy (non-hydrogen) atoms. The molecule has 3 heterocycles. The zero-order chi connectivity index (χ0) is 30.2. The number of nitrogens with zero attached hydrogens (tertiary/aromatic N) is 6. The third kappa shape index (κ3) is 7.63. The lowest BCUT2D eigenvalue weighted by Crippen LogP contribution is -2.47. The van der Waals surface area contributed by atoms with Crippen molar-refractivity contribution in [2.45, 2.75) is 12.6 Å². The number of pyridine rings is 1. The Bertz CT molecular complexity index is 1510. The van der Waals surface area contributed by atoms with E-state index >= 15 is 0 Å². The third-order valence-corrected chi connectivity index (χ3v) is 7.16. The summed E-state index contributed by atoms with van der Waals surface area (Å²) in [6.07, 6.45) is 1.78. The molecule has 1 aliphatic rings. The minimum Gasteiger partial charge on any atom is -0.480 e. The van der Waals surface area contributed by atoms with E-state index in [9.17, 15) is 14.7 Å². The molecule has 1 fully saturated rings. The maximum Gasteiger partial charge on any atom is 0.328 e. The van der Waals surface area contributed by atoms with Gasteiger partial charge in [-0.15, -0.1) is 0 Å². The first-order valence-electron chi connectivity index (χ1n) is 14.1. The quantitative estimate of drug-likeness (QED) is 0.273. The molecule has 0 saturated carbocycles. The Kier molecular flexibility index (Phi) is 9.42. The molecular formula is C32H35N7O4. The van der Waals surface area contributed by atoms with Crippen molar-refractivity contribution in [1.82, 2.24) is 20.3 Å². The lowest BCUT2D eigenvalue weighted by Gasteiger charge is -2.36. The molecule has 0 radical (unpaired) electrons. The molecule has 2 N–H and O–H groups in total. The average molecular weight is 582 g/mol. The van der Waals surface area contributed by atoms with Crippen LogP contribution in [0.5, 0.6) is 0 Å². The fourth-order valence-electron chi connectivity index (χ4n) is 4.73. The van der Waals surface area contributed by atoms with E-state index in [2.05, 4.69) is 25.1 Å². The fourth-order valence-corrected chi connectivity index (χ4v) is 4.73. The summed E-state index contributed by atoms with van der Waals surface area (Å²) in [6, 6.07) is 23.4. The minimum absolute atomic E-state index is 0.0816. The smallest absolute Gasteiger partial charge is 0.328 e. The van der Waals surface area contributed by atoms with Gasteiger partial charge in [-0.3, -0.25) is 4.79 Å². The molecule has 0 bridgehead atoms. The molecule has 2 aromatic heterocycles. The molecule has 11 nitrogen and oxygen atoms in total. The number of aliphatic carboxylic acids is 1. The molecule has 0 spiro atoms. The number of carboxylic acid groups (broad SMARTS) is 1. The predicted octanol–water partition coefficient (Wildman–Crippen LogP) is 3.33. The van der Waals surface area contributed by atoms with Crippen molar-refractivity contribution in [2.24, 2.45) is 0 Å². The van der Waals surface area contributed by atoms with Crippen LogP contribution in [0.15, 0.2) is 85.1 Å². The van der Waals surface area contributed by atoms with Crippen molar-refractivity contribution in [3.05, 3.63) is 96.3 Å². The Hall–Kier alpha value is -5.03. The summed E-state index contributed by atoms with van der Waals surface area (Å²) in [5.41, 5.74) is 2.75. The summed E-state index contributed by atoms with van der Waals surface area (Å²) in [4.78, 5) is 45.6. The zero-order valence-corrected chi connectivity index (χ0v) is 24.3. The van der Waals surface area contributed by atoms with Gasteiger partial charge < -0.3 is 29.9 Å². The summed E-state index contributed by atoms with van der Waals surface area (Å²) >= 11 is 0. The van der Waals surface area contributed by atoms with Gasteiger partial charge in [0.25, 0.3) is 5.91 Å². The fraction of sp³-hybridized carbons (Fsp3) is 0.281. The van der Waals surface area contributed by atoms with Gasteiger partial charge in [-0.25, -0.2) is 19.7 Å². The molecule has 11 heteroatoms. The second-order valence-corrected chi connectivity index (χ2v) is 10.4. The van der Waals surface area contributed by atoms with Gasteiger partial charge in [0, 0.05) is 63.8 Å². The number of aromatic nitrogens is 3. The van der Waals surface area contributed by atoms with Gasteiger partial charge >= 0.3 is 5.97 Å². The van der Waals surface area contributed by atoms with Gasteiger partial charge in [-0.1, -0.05) is 36.4 Å². The maximum atomic E-state index is 13.4. The second-order valence-electron chi connectivity index (χ2n) is 10.4. The van der Waals surface area contributed by atoms with E-state index < -0.39 is 17.9 Å². The van der Waals surface area contributed by atoms with Crippen LogP contribution in [0.25, 0.3) is 11.4 Å². The lowest BCUT2D eigenvalue weighted by atomic mass is 10.1. The standard InChI is InChI=1S/C32H35N7O4/c1-37(2)25-13-11-24(12-14-25)30-34-26(31(40)35-27(32(41)42)22-43-21-23-8-4-3-5-9-23)20-29(36-30)39-18-16-38(17-19-39)28-10-6-7-15-33-28/h3-15,20,27H,16-19,21-22H2,1-2H3,(H,35,40)(H,41,42)/t27-/m0/s1. The van der Waals surface area contributed by atoms with Crippen LogP contribution in [-0.2, 0) is 16.1 Å². The molecule has 5 rings (SSSR count). The molecular weight excluding hydrogens is 546 g/mol. The number of ether oxygens (including phenoxy) is 1. The van der Waals surface area contributed by atoms with Gasteiger partial charge in [0.1, 0.15) is 17.3 Å². The third-order valence-electron chi connectivity index (χ3n) is 7.16. The van der Waals surface area contributed by atoms with Crippen molar-refractivity contribution in [1.29, 1.82) is 0 Å². The van der Waals surface area contributed by atoms with E-state index in [1.165, 1.54) is 0 Å². The molecule has 2 aromatic carbocycles. The summed E-state index contributed by atoms with van der Waals surface area (Å²) in [5.74, 6) is 0.0891. The first kappa shape index (κ1) is 29.5. The van der Waals surface area contributed by atoms with Crippen LogP contribution in [0.1, 0.15) is 16.1 Å². The SMILES string of the molecule is CN(C)c1ccc(-c2nc(C(=O)N[C@@H](COCc3ccccc3)C(=O)O)cc(N3CCN(c4ccccn4)CC3)n2)cc1. The summed E-state index contributed by atoms with van der Waals surface area (Å²) in [5, 5.41) is 12.4. The minimum atomic E-state index is -1.25. The number of carboxylic acids is 1. The highest BCUT2D eigenvalue weighted by Crippen LogP contribution is 2.24. The summed E-state index contributed by atoms with van der Waals surface area (Å²) < 4.78 is 5.62. The van der Waals surface area contributed by atoms with E-state index in [1.54, 1.807) is 12.3 Å². The van der Waals surface area contributed by atoms with Crippen molar-refractivity contribution < 1.29 is 19.4 Å². The molecule has 1 aliphatic heterocycles. The number of piperazine rings is 1. The monoisotopic (exact) mass is 581 g/mol. The highest BCUT2D eigenvalue weighted by Gasteiger charge is 2.25. The molecule has 1 amide bonds. The van der Waals surface area contributed by atoms with Crippen LogP contribution in [0.4, 0.5) is 17.3 Å². The number of carbonyl (C=O) groups is 2. The maximum absolute atomic E-state index is 13.4. The number of nitrogens with one attached hydrogen (secondary N) is 1. The molecule has 0 unspecified atom stereocenters. The molecule has 1 saturated heterocycles. The van der Waals surface area contributed by atoms with Gasteiger partial charge in [0.2, 0.25) is 0 Å². The number of anilines is 3. The van der Waals surface area contributed by atoms with Crippen LogP contribution in [0.3, 0.4) is 0 Å². The summed E-state index contributed by atoms with van der Waals surface area (Å²) in [6.45, 7) is 2.83. The number of hydrogen-bond acceptors (Lipinski definition) is 9. The van der Waals surface area contributed by atoms with E-state index in [-0.39, 0.29) is 18.9 Å². The van der Waals surface area contributed by atoms with Crippen molar-refractivity contribution in [3.8, 4) is 11.4 Å². The van der Waals surface area contributed by atoms with Gasteiger partial charge in [0.15, 0.2) is 11.9 Å². The van der Waals surface area contributed by atoms with Gasteiger partial charge in [0.05, 0.1) is 13.2 Å². The highest BCUT2D eigenvalue weighted by molar-refractivity contribution is 5.96. The van der Waals surface area contributed by atoms with Crippen molar-refractivity contribution >= 4 is 29.2 Å². The van der Waals surface area contributed by atoms with Crippen LogP contribution >= 0.6 is 0 Å². The normalized spacial score (nSPS) is 13.8. The zero-order valence-electron chi connectivity index (χ0n) is 24.3. The molecule has 222 valence electrons. The lowest BCUT2D eigenvalue weighted by molar-refractivity contribution is -0.141. The van der Waals surface area contributed by atoms with Gasteiger partial charge in [-0.05, 0) is 42.0 Å². The molecule has 0 aliphatic carbocycles. The predicted molar refractivity (Wildman–Crippen MR) is 165 cm³/mol. The Morgan fingerprint density at radius 2 is 1.58 bits per heavy atom. The number of rotatable bonds is 11. The summed E-state index contributed by atoms with van der Waals surface area (Å²) in [7, 11) is 3.92. The van der Waals surface area contributed by atoms with E-state index in [0.29, 0.717) is 24.7 Å². The number of hydrogen-bond donors (Lipinski definition) is 2. The van der Waals surface area contributed by atoms with Crippen LogP contribution in [0, 0.1) is 0 Å². The second kappa shape index (κ2) is 13.8. The van der Waals surface area contributed by atoms with Crippen molar-refractivity contribution in [2.75, 3.05) is 61.6 Å². The van der Waals surface area contributed by atoms with E-state index in [0.717, 1.165) is 35.7 Å². The first-order chi connectivity index (χ1) is 20.9. The number of carbonyl (C=O) groups excluding carboxylic acids is 1. The van der Waals surface area contributed by atoms with Crippen LogP contribution in [0.2, 0.25) is 0 Å². The van der Waals surface area contributed by atoms with Crippen LogP contribution in [-0.4, -0.2) is 84.9 Å². The van der Waals surface area contributed by atoms with E-state index in [1.807, 2.05) is 91.8 Å². The Labute approximate surface area is 250 Å². The van der Waals surface area contributed by atoms with Crippen LogP contribution < -0.4 is 20.0 Å². The first-order valence-corrected chi connectivity index (χ1v) is 14.1. The topological polar surface area (TPSA) is 124 Å². The van der Waals surface area contributed by atoms with E-state index in [4.69, 9.17) is 9.72 Å². The molecule has 1 atom stereocenters. The Balaban J connectivity index is 1.36. The van der Waals surface area contributed by atoms with Gasteiger partial charge in [-0.2, -0.15) is 0 Å². The van der Waals surface area contributed by atoms with Crippen molar-refractivity contribution in [3.63, 3.8) is 0 Å². The number of amides is 1. The molecule has 4 aromatic rings. The number of benzene rings is 2. The Morgan fingerprint density at radius 3 is 2.21 bits per heavy atom.